The van der Waals surface area contributed by atoms with Gasteiger partial charge in [-0.3, -0.25) is 10.1 Å². The molecule has 1 rings (SSSR count). The highest BCUT2D eigenvalue weighted by molar-refractivity contribution is 6.33. The summed E-state index contributed by atoms with van der Waals surface area (Å²) in [7, 11) is 0. The van der Waals surface area contributed by atoms with E-state index in [1.54, 1.807) is 0 Å². The molecule has 0 bridgehead atoms. The molecule has 106 valence electrons. The van der Waals surface area contributed by atoms with Gasteiger partial charge in [-0.2, -0.15) is 13.2 Å². The first-order valence-corrected chi connectivity index (χ1v) is 4.60. The van der Waals surface area contributed by atoms with Gasteiger partial charge in [-0.15, -0.1) is 13.2 Å². The minimum Gasteiger partial charge on any atom is -0.406 e. The maximum Gasteiger partial charge on any atom is 0.573 e. The molecule has 4 nitrogen and oxygen atoms in total. The van der Waals surface area contributed by atoms with Gasteiger partial charge in [0.1, 0.15) is 16.3 Å². The van der Waals surface area contributed by atoms with Crippen LogP contribution in [-0.2, 0) is 6.18 Å². The summed E-state index contributed by atoms with van der Waals surface area (Å²) < 4.78 is 76.4. The third kappa shape index (κ3) is 3.88. The fourth-order valence-electron chi connectivity index (χ4n) is 1.17. The molecule has 0 aliphatic rings. The zero-order valence-electron chi connectivity index (χ0n) is 8.47. The van der Waals surface area contributed by atoms with Crippen molar-refractivity contribution in [3.8, 4) is 5.75 Å². The summed E-state index contributed by atoms with van der Waals surface area (Å²) in [5, 5.41) is 9.33. The van der Waals surface area contributed by atoms with Crippen molar-refractivity contribution in [2.24, 2.45) is 0 Å². The van der Waals surface area contributed by atoms with Crippen LogP contribution >= 0.6 is 11.6 Å². The summed E-state index contributed by atoms with van der Waals surface area (Å²) in [5.74, 6) is -1.30. The minimum absolute atomic E-state index is 0.141. The first kappa shape index (κ1) is 15.3. The average Bonchev–Trinajstić information content (AvgIpc) is 2.11. The van der Waals surface area contributed by atoms with E-state index in [9.17, 15) is 36.5 Å². The van der Waals surface area contributed by atoms with Gasteiger partial charge in [0.05, 0.1) is 4.92 Å². The van der Waals surface area contributed by atoms with Gasteiger partial charge in [-0.1, -0.05) is 11.6 Å². The number of nitro benzene ring substituents is 1. The van der Waals surface area contributed by atoms with Gasteiger partial charge in [0.25, 0.3) is 5.69 Å². The summed E-state index contributed by atoms with van der Waals surface area (Å²) in [5.41, 5.74) is -3.46. The lowest BCUT2D eigenvalue weighted by molar-refractivity contribution is -0.388. The van der Waals surface area contributed by atoms with Gasteiger partial charge in [-0.25, -0.2) is 0 Å². The van der Waals surface area contributed by atoms with Gasteiger partial charge < -0.3 is 4.74 Å². The Morgan fingerprint density at radius 1 is 1.16 bits per heavy atom. The Bertz CT molecular complexity index is 512. The van der Waals surface area contributed by atoms with Gasteiger partial charge in [-0.05, 0) is 6.07 Å². The van der Waals surface area contributed by atoms with Crippen molar-refractivity contribution in [1.29, 1.82) is 0 Å². The molecular formula is C8H2ClF6NO3. The average molecular weight is 310 g/mol. The molecular weight excluding hydrogens is 308 g/mol. The molecule has 0 heterocycles. The Morgan fingerprint density at radius 2 is 1.68 bits per heavy atom. The number of hydrogen-bond acceptors (Lipinski definition) is 3. The van der Waals surface area contributed by atoms with Crippen LogP contribution in [0.1, 0.15) is 5.56 Å². The SMILES string of the molecule is O=[N+]([O-])c1c(Cl)cc(OC(F)(F)F)cc1C(F)(F)F. The molecule has 0 aromatic heterocycles. The number of alkyl halides is 6. The van der Waals surface area contributed by atoms with Crippen LogP contribution in [0, 0.1) is 10.1 Å². The molecule has 1 aromatic rings. The monoisotopic (exact) mass is 309 g/mol. The molecule has 19 heavy (non-hydrogen) atoms. The van der Waals surface area contributed by atoms with Crippen molar-refractivity contribution in [2.75, 3.05) is 0 Å². The van der Waals surface area contributed by atoms with E-state index in [1.807, 2.05) is 0 Å². The van der Waals surface area contributed by atoms with E-state index >= 15 is 0 Å². The number of halogens is 7. The van der Waals surface area contributed by atoms with Gasteiger partial charge in [0.2, 0.25) is 0 Å². The van der Waals surface area contributed by atoms with Crippen LogP contribution in [-0.4, -0.2) is 11.3 Å². The van der Waals surface area contributed by atoms with E-state index in [1.165, 1.54) is 0 Å². The summed E-state index contributed by atoms with van der Waals surface area (Å²) in [6, 6.07) is 0.139. The molecule has 0 atom stereocenters. The smallest absolute Gasteiger partial charge is 0.406 e. The Balaban J connectivity index is 3.44. The number of nitrogens with zero attached hydrogens (tertiary/aromatic N) is 1. The van der Waals surface area contributed by atoms with Crippen LogP contribution < -0.4 is 4.74 Å². The normalized spacial score (nSPS) is 12.4. The van der Waals surface area contributed by atoms with E-state index in [2.05, 4.69) is 4.74 Å². The van der Waals surface area contributed by atoms with Crippen molar-refractivity contribution < 1.29 is 36.0 Å². The fourth-order valence-corrected chi connectivity index (χ4v) is 1.45. The highest BCUT2D eigenvalue weighted by Crippen LogP contribution is 2.43. The lowest BCUT2D eigenvalue weighted by Gasteiger charge is -2.13. The summed E-state index contributed by atoms with van der Waals surface area (Å²) in [6.07, 6.45) is -10.5. The van der Waals surface area contributed by atoms with Gasteiger partial charge in [0, 0.05) is 6.07 Å². The maximum atomic E-state index is 12.5. The molecule has 0 saturated heterocycles. The van der Waals surface area contributed by atoms with Crippen molar-refractivity contribution in [1.82, 2.24) is 0 Å². The Hall–Kier alpha value is -1.71. The molecule has 11 heteroatoms. The second-order valence-electron chi connectivity index (χ2n) is 3.10. The number of nitro groups is 1. The van der Waals surface area contributed by atoms with E-state index in [0.717, 1.165) is 0 Å². The van der Waals surface area contributed by atoms with Crippen LogP contribution in [0.25, 0.3) is 0 Å². The third-order valence-electron chi connectivity index (χ3n) is 1.76. The van der Waals surface area contributed by atoms with Crippen LogP contribution in [0.2, 0.25) is 5.02 Å². The Labute approximate surface area is 105 Å². The molecule has 1 aromatic carbocycles. The first-order chi connectivity index (χ1) is 8.42. The van der Waals surface area contributed by atoms with E-state index in [4.69, 9.17) is 11.6 Å². The molecule has 0 unspecified atom stereocenters. The molecule has 0 saturated carbocycles. The molecule has 0 aliphatic heterocycles. The van der Waals surface area contributed by atoms with E-state index in [0.29, 0.717) is 0 Å². The minimum atomic E-state index is -5.25. The molecule has 0 radical (unpaired) electrons. The Morgan fingerprint density at radius 3 is 2.05 bits per heavy atom. The number of hydrogen-bond donors (Lipinski definition) is 0. The maximum absolute atomic E-state index is 12.5. The molecule has 0 aliphatic carbocycles. The van der Waals surface area contributed by atoms with Crippen molar-refractivity contribution >= 4 is 17.3 Å². The van der Waals surface area contributed by atoms with Crippen LogP contribution in [0.3, 0.4) is 0 Å². The number of benzene rings is 1. The van der Waals surface area contributed by atoms with Gasteiger partial charge in [0.15, 0.2) is 0 Å². The third-order valence-corrected chi connectivity index (χ3v) is 2.05. The predicted octanol–water partition coefficient (Wildman–Crippen LogP) is 4.17. The molecule has 0 spiro atoms. The quantitative estimate of drug-likeness (QED) is 0.468. The van der Waals surface area contributed by atoms with Crippen LogP contribution in [0.15, 0.2) is 12.1 Å². The van der Waals surface area contributed by atoms with Gasteiger partial charge >= 0.3 is 12.5 Å². The number of ether oxygens (including phenoxy) is 1. The standard InChI is InChI=1S/C8H2ClF6NO3/c9-5-2-3(19-8(13,14)15)1-4(7(10,11)12)6(5)16(17)18/h1-2H. The zero-order valence-corrected chi connectivity index (χ0v) is 9.23. The summed E-state index contributed by atoms with van der Waals surface area (Å²) in [4.78, 5) is 9.00. The molecule has 0 amide bonds. The van der Waals surface area contributed by atoms with Crippen molar-refractivity contribution in [2.45, 2.75) is 12.5 Å². The highest BCUT2D eigenvalue weighted by atomic mass is 35.5. The lowest BCUT2D eigenvalue weighted by atomic mass is 10.1. The summed E-state index contributed by atoms with van der Waals surface area (Å²) >= 11 is 5.18. The molecule has 0 fully saturated rings. The second-order valence-corrected chi connectivity index (χ2v) is 3.51. The van der Waals surface area contributed by atoms with Crippen molar-refractivity contribution in [3.05, 3.63) is 32.8 Å². The van der Waals surface area contributed by atoms with Crippen molar-refractivity contribution in [3.63, 3.8) is 0 Å². The predicted molar refractivity (Wildman–Crippen MR) is 49.8 cm³/mol. The fraction of sp³-hybridized carbons (Fsp3) is 0.250. The zero-order chi connectivity index (χ0) is 15.0. The molecule has 0 N–H and O–H groups in total. The first-order valence-electron chi connectivity index (χ1n) is 4.22. The Kier molecular flexibility index (Phi) is 3.84. The van der Waals surface area contributed by atoms with Crippen LogP contribution in [0.4, 0.5) is 32.0 Å². The van der Waals surface area contributed by atoms with E-state index in [-0.39, 0.29) is 12.1 Å². The topological polar surface area (TPSA) is 52.4 Å². The highest BCUT2D eigenvalue weighted by Gasteiger charge is 2.41. The van der Waals surface area contributed by atoms with Crippen LogP contribution in [0.5, 0.6) is 5.75 Å². The largest absolute Gasteiger partial charge is 0.573 e. The second kappa shape index (κ2) is 4.76. The number of rotatable bonds is 2. The van der Waals surface area contributed by atoms with E-state index < -0.39 is 39.5 Å². The summed E-state index contributed by atoms with van der Waals surface area (Å²) in [6.45, 7) is 0. The lowest BCUT2D eigenvalue weighted by Crippen LogP contribution is -2.18.